The summed E-state index contributed by atoms with van der Waals surface area (Å²) in [5.41, 5.74) is 5.09. The summed E-state index contributed by atoms with van der Waals surface area (Å²) in [4.78, 5) is 34.9. The number of aromatic nitrogens is 4. The van der Waals surface area contributed by atoms with Gasteiger partial charge in [-0.25, -0.2) is 9.50 Å². The lowest BCUT2D eigenvalue weighted by Gasteiger charge is -2.17. The van der Waals surface area contributed by atoms with Crippen LogP contribution in [0.2, 0.25) is 0 Å². The summed E-state index contributed by atoms with van der Waals surface area (Å²) in [5, 5.41) is 7.20. The third-order valence-electron chi connectivity index (χ3n) is 5.21. The van der Waals surface area contributed by atoms with Crippen molar-refractivity contribution in [1.29, 1.82) is 0 Å². The number of aryl methyl sites for hydroxylation is 3. The van der Waals surface area contributed by atoms with Crippen LogP contribution in [-0.2, 0) is 6.54 Å². The fourth-order valence-corrected chi connectivity index (χ4v) is 3.53. The zero-order valence-corrected chi connectivity index (χ0v) is 17.9. The molecule has 0 fully saturated rings. The molecule has 0 aliphatic rings. The van der Waals surface area contributed by atoms with Gasteiger partial charge in [0.15, 0.2) is 0 Å². The minimum absolute atomic E-state index is 0.156. The lowest BCUT2D eigenvalue weighted by Crippen LogP contribution is -2.27. The van der Waals surface area contributed by atoms with E-state index >= 15 is 0 Å². The number of amides is 2. The Morgan fingerprint density at radius 3 is 2.68 bits per heavy atom. The summed E-state index contributed by atoms with van der Waals surface area (Å²) < 4.78 is 1.68. The number of nitrogens with zero attached hydrogens (tertiary/aromatic N) is 4. The molecule has 158 valence electrons. The lowest BCUT2D eigenvalue weighted by molar-refractivity contribution is 0.0781. The van der Waals surface area contributed by atoms with E-state index in [0.29, 0.717) is 23.4 Å². The average molecular weight is 416 g/mol. The normalized spacial score (nSPS) is 11.0. The van der Waals surface area contributed by atoms with Gasteiger partial charge in [-0.3, -0.25) is 9.59 Å². The number of H-pyrrole nitrogens is 1. The van der Waals surface area contributed by atoms with Crippen molar-refractivity contribution >= 4 is 23.0 Å². The summed E-state index contributed by atoms with van der Waals surface area (Å²) in [7, 11) is 1.72. The highest BCUT2D eigenvalue weighted by Gasteiger charge is 2.18. The Balaban J connectivity index is 1.56. The first-order valence-electron chi connectivity index (χ1n) is 9.94. The molecule has 3 heterocycles. The molecule has 2 N–H and O–H groups in total. The molecular weight excluding hydrogens is 392 g/mol. The van der Waals surface area contributed by atoms with Crippen LogP contribution in [0.1, 0.15) is 43.4 Å². The average Bonchev–Trinajstić information content (AvgIpc) is 3.36. The summed E-state index contributed by atoms with van der Waals surface area (Å²) >= 11 is 0. The molecule has 31 heavy (non-hydrogen) atoms. The summed E-state index contributed by atoms with van der Waals surface area (Å²) in [5.74, 6) is 0.297. The predicted molar refractivity (Wildman–Crippen MR) is 118 cm³/mol. The maximum Gasteiger partial charge on any atom is 0.259 e. The number of imidazole rings is 1. The Bertz CT molecular complexity index is 1290. The molecule has 8 nitrogen and oxygen atoms in total. The molecule has 4 rings (SSSR count). The minimum atomic E-state index is -0.267. The second kappa shape index (κ2) is 8.06. The van der Waals surface area contributed by atoms with Gasteiger partial charge in [-0.2, -0.15) is 5.10 Å². The number of nitrogens with one attached hydrogen (secondary N) is 2. The maximum atomic E-state index is 13.0. The third kappa shape index (κ3) is 4.05. The molecule has 0 saturated heterocycles. The molecule has 1 aromatic carbocycles. The van der Waals surface area contributed by atoms with Gasteiger partial charge < -0.3 is 15.2 Å². The van der Waals surface area contributed by atoms with Crippen LogP contribution in [0.3, 0.4) is 0 Å². The molecule has 0 unspecified atom stereocenters. The molecule has 0 spiro atoms. The van der Waals surface area contributed by atoms with E-state index in [0.717, 1.165) is 28.2 Å². The second-order valence-electron chi connectivity index (χ2n) is 7.70. The number of aromatic amines is 1. The molecule has 0 saturated carbocycles. The Morgan fingerprint density at radius 2 is 1.94 bits per heavy atom. The van der Waals surface area contributed by atoms with Gasteiger partial charge in [0.05, 0.1) is 23.8 Å². The van der Waals surface area contributed by atoms with E-state index in [4.69, 9.17) is 0 Å². The highest BCUT2D eigenvalue weighted by molar-refractivity contribution is 6.10. The van der Waals surface area contributed by atoms with Crippen molar-refractivity contribution in [1.82, 2.24) is 24.5 Å². The maximum absolute atomic E-state index is 13.0. The number of anilines is 1. The van der Waals surface area contributed by atoms with Crippen molar-refractivity contribution in [3.8, 4) is 0 Å². The van der Waals surface area contributed by atoms with E-state index in [1.165, 1.54) is 0 Å². The molecule has 2 amide bonds. The largest absolute Gasteiger partial charge is 0.345 e. The van der Waals surface area contributed by atoms with E-state index in [-0.39, 0.29) is 11.8 Å². The molecule has 3 aromatic heterocycles. The van der Waals surface area contributed by atoms with Crippen LogP contribution in [0.4, 0.5) is 5.69 Å². The van der Waals surface area contributed by atoms with Crippen LogP contribution in [0.25, 0.3) is 5.52 Å². The highest BCUT2D eigenvalue weighted by atomic mass is 16.2. The van der Waals surface area contributed by atoms with E-state index in [2.05, 4.69) is 20.4 Å². The molecular formula is C23H24N6O2. The Kier molecular flexibility index (Phi) is 5.29. The van der Waals surface area contributed by atoms with E-state index in [9.17, 15) is 9.59 Å². The fraction of sp³-hybridized carbons (Fsp3) is 0.217. The first-order chi connectivity index (χ1) is 14.8. The quantitative estimate of drug-likeness (QED) is 0.520. The first-order valence-corrected chi connectivity index (χ1v) is 9.94. The lowest BCUT2D eigenvalue weighted by atomic mass is 10.1. The Morgan fingerprint density at radius 1 is 1.13 bits per heavy atom. The molecule has 0 aliphatic carbocycles. The molecule has 0 aliphatic heterocycles. The van der Waals surface area contributed by atoms with Gasteiger partial charge in [-0.15, -0.1) is 0 Å². The Hall–Kier alpha value is -3.94. The summed E-state index contributed by atoms with van der Waals surface area (Å²) in [6, 6.07) is 9.12. The van der Waals surface area contributed by atoms with Crippen LogP contribution in [0, 0.1) is 20.8 Å². The fourth-order valence-electron chi connectivity index (χ4n) is 3.53. The van der Waals surface area contributed by atoms with Gasteiger partial charge in [-0.05, 0) is 50.1 Å². The number of carbonyl (C=O) groups is 2. The topological polar surface area (TPSA) is 95.4 Å². The standard InChI is InChI=1S/C23H24N6O2/c1-14-7-8-17(23(31)28(4)13-20-24-11-16(3)26-20)10-19(14)27-22(30)18-12-25-29-9-5-6-15(2)21(18)29/h5-12H,13H2,1-4H3,(H,24,26)(H,27,30). The summed E-state index contributed by atoms with van der Waals surface area (Å²) in [6.45, 7) is 6.11. The zero-order chi connectivity index (χ0) is 22.1. The smallest absolute Gasteiger partial charge is 0.259 e. The van der Waals surface area contributed by atoms with Crippen LogP contribution in [0.5, 0.6) is 0 Å². The number of rotatable bonds is 5. The van der Waals surface area contributed by atoms with Crippen molar-refractivity contribution in [3.63, 3.8) is 0 Å². The van der Waals surface area contributed by atoms with E-state index in [1.54, 1.807) is 47.2 Å². The molecule has 4 aromatic rings. The molecule has 0 atom stereocenters. The van der Waals surface area contributed by atoms with Crippen molar-refractivity contribution in [2.24, 2.45) is 0 Å². The number of pyridine rings is 1. The number of benzene rings is 1. The number of carbonyl (C=O) groups excluding carboxylic acids is 2. The molecule has 0 radical (unpaired) electrons. The van der Waals surface area contributed by atoms with Crippen LogP contribution >= 0.6 is 0 Å². The predicted octanol–water partition coefficient (Wildman–Crippen LogP) is 3.51. The minimum Gasteiger partial charge on any atom is -0.345 e. The third-order valence-corrected chi connectivity index (χ3v) is 5.21. The SMILES string of the molecule is Cc1cnc(CN(C)C(=O)c2ccc(C)c(NC(=O)c3cnn4cccc(C)c34)c2)[nH]1. The number of hydrogen-bond donors (Lipinski definition) is 2. The first kappa shape index (κ1) is 20.3. The number of fused-ring (bicyclic) bond motifs is 1. The van der Waals surface area contributed by atoms with Gasteiger partial charge in [0, 0.05) is 36.4 Å². The van der Waals surface area contributed by atoms with Crippen molar-refractivity contribution in [2.45, 2.75) is 27.3 Å². The van der Waals surface area contributed by atoms with E-state index in [1.807, 2.05) is 39.0 Å². The van der Waals surface area contributed by atoms with Gasteiger partial charge in [0.2, 0.25) is 0 Å². The van der Waals surface area contributed by atoms with Crippen molar-refractivity contribution < 1.29 is 9.59 Å². The highest BCUT2D eigenvalue weighted by Crippen LogP contribution is 2.21. The van der Waals surface area contributed by atoms with Gasteiger partial charge in [0.25, 0.3) is 11.8 Å². The Labute approximate surface area is 179 Å². The zero-order valence-electron chi connectivity index (χ0n) is 17.9. The summed E-state index contributed by atoms with van der Waals surface area (Å²) in [6.07, 6.45) is 5.09. The second-order valence-corrected chi connectivity index (χ2v) is 7.70. The van der Waals surface area contributed by atoms with Crippen molar-refractivity contribution in [2.75, 3.05) is 12.4 Å². The van der Waals surface area contributed by atoms with Crippen LogP contribution < -0.4 is 5.32 Å². The molecule has 8 heteroatoms. The monoisotopic (exact) mass is 416 g/mol. The van der Waals surface area contributed by atoms with E-state index < -0.39 is 0 Å². The molecule has 0 bridgehead atoms. The van der Waals surface area contributed by atoms with Crippen molar-refractivity contribution in [3.05, 3.63) is 82.7 Å². The van der Waals surface area contributed by atoms with Crippen LogP contribution in [-0.4, -0.2) is 43.3 Å². The number of hydrogen-bond acceptors (Lipinski definition) is 4. The van der Waals surface area contributed by atoms with Gasteiger partial charge >= 0.3 is 0 Å². The van der Waals surface area contributed by atoms with Crippen LogP contribution in [0.15, 0.2) is 48.9 Å². The van der Waals surface area contributed by atoms with Gasteiger partial charge in [0.1, 0.15) is 5.82 Å². The van der Waals surface area contributed by atoms with Gasteiger partial charge in [-0.1, -0.05) is 12.1 Å².